The molecule has 0 aliphatic carbocycles. The Hall–Kier alpha value is -3.74. The minimum absolute atomic E-state index is 0.0285. The summed E-state index contributed by atoms with van der Waals surface area (Å²) in [6.07, 6.45) is 0.153. The molecule has 7 nitrogen and oxygen atoms in total. The minimum atomic E-state index is -0.791. The van der Waals surface area contributed by atoms with Gasteiger partial charge in [0.1, 0.15) is 12.6 Å². The zero-order chi connectivity index (χ0) is 22.4. The molecule has 3 rings (SSSR count). The van der Waals surface area contributed by atoms with Crippen LogP contribution >= 0.6 is 0 Å². The largest absolute Gasteiger partial charge is 0.459 e. The number of nitrogens with one attached hydrogen (secondary N) is 1. The monoisotopic (exact) mass is 420 g/mol. The number of ether oxygens (including phenoxy) is 1. The van der Waals surface area contributed by atoms with Gasteiger partial charge in [0.15, 0.2) is 0 Å². The number of carbonyl (C=O) groups is 2. The van der Waals surface area contributed by atoms with Gasteiger partial charge in [0.05, 0.1) is 11.3 Å². The maximum Gasteiger partial charge on any atom is 0.329 e. The molecule has 0 radical (unpaired) electrons. The molecule has 1 atom stereocenters. The predicted molar refractivity (Wildman–Crippen MR) is 117 cm³/mol. The van der Waals surface area contributed by atoms with Crippen LogP contribution < -0.4 is 5.32 Å². The molecule has 3 aromatic carbocycles. The lowest BCUT2D eigenvalue weighted by Crippen LogP contribution is -2.45. The molecule has 0 saturated heterocycles. The molecule has 0 fully saturated rings. The third-order valence-corrected chi connectivity index (χ3v) is 5.00. The van der Waals surface area contributed by atoms with E-state index in [1.165, 1.54) is 24.3 Å². The van der Waals surface area contributed by atoms with Gasteiger partial charge in [0, 0.05) is 12.1 Å². The van der Waals surface area contributed by atoms with Gasteiger partial charge in [0.2, 0.25) is 5.91 Å². The molecular weight excluding hydrogens is 396 g/mol. The maximum absolute atomic E-state index is 12.7. The lowest BCUT2D eigenvalue weighted by Gasteiger charge is -2.21. The molecule has 0 spiro atoms. The summed E-state index contributed by atoms with van der Waals surface area (Å²) in [5, 5.41) is 15.6. The second kappa shape index (κ2) is 9.84. The van der Waals surface area contributed by atoms with Crippen LogP contribution in [0.15, 0.2) is 66.7 Å². The zero-order valence-corrected chi connectivity index (χ0v) is 17.4. The average Bonchev–Trinajstić information content (AvgIpc) is 2.76. The molecule has 7 heteroatoms. The number of carbonyl (C=O) groups excluding carboxylic acids is 2. The Labute approximate surface area is 180 Å². The number of esters is 1. The van der Waals surface area contributed by atoms with E-state index >= 15 is 0 Å². The molecule has 0 saturated carbocycles. The van der Waals surface area contributed by atoms with Gasteiger partial charge in [0.25, 0.3) is 5.69 Å². The van der Waals surface area contributed by atoms with E-state index in [9.17, 15) is 19.7 Å². The summed E-state index contributed by atoms with van der Waals surface area (Å²) < 4.78 is 5.35. The fraction of sp³-hybridized carbons (Fsp3) is 0.250. The zero-order valence-electron chi connectivity index (χ0n) is 17.4. The van der Waals surface area contributed by atoms with Crippen molar-refractivity contribution >= 4 is 28.3 Å². The molecule has 1 N–H and O–H groups in total. The highest BCUT2D eigenvalue weighted by atomic mass is 16.6. The van der Waals surface area contributed by atoms with Crippen LogP contribution in [-0.2, 0) is 27.4 Å². The molecule has 3 aromatic rings. The van der Waals surface area contributed by atoms with E-state index in [1.807, 2.05) is 56.3 Å². The fourth-order valence-electron chi connectivity index (χ4n) is 3.30. The normalized spacial score (nSPS) is 11.8. The summed E-state index contributed by atoms with van der Waals surface area (Å²) in [5.41, 5.74) is 1.48. The number of amides is 1. The number of rotatable bonds is 8. The number of hydrogen-bond acceptors (Lipinski definition) is 5. The standard InChI is InChI=1S/C24H24N2O5/c1-16(2)23(24(28)31-15-17-10-12-20(13-11-17)26(29)30)25-22(27)14-19-8-5-7-18-6-3-4-9-21(18)19/h3-13,16,23H,14-15H2,1-2H3,(H,25,27)/t23-/m0/s1. The Morgan fingerprint density at radius 3 is 2.35 bits per heavy atom. The van der Waals surface area contributed by atoms with Crippen molar-refractivity contribution in [3.05, 3.63) is 88.0 Å². The van der Waals surface area contributed by atoms with E-state index in [1.54, 1.807) is 0 Å². The van der Waals surface area contributed by atoms with Crippen LogP contribution in [0, 0.1) is 16.0 Å². The summed E-state index contributed by atoms with van der Waals surface area (Å²) in [7, 11) is 0. The van der Waals surface area contributed by atoms with Crippen LogP contribution in [0.1, 0.15) is 25.0 Å². The van der Waals surface area contributed by atoms with Crippen molar-refractivity contribution in [1.29, 1.82) is 0 Å². The molecule has 0 aliphatic rings. The van der Waals surface area contributed by atoms with Crippen molar-refractivity contribution in [1.82, 2.24) is 5.32 Å². The highest BCUT2D eigenvalue weighted by molar-refractivity contribution is 5.91. The van der Waals surface area contributed by atoms with Crippen LogP contribution in [-0.4, -0.2) is 22.8 Å². The molecule has 31 heavy (non-hydrogen) atoms. The van der Waals surface area contributed by atoms with Crippen molar-refractivity contribution in [2.75, 3.05) is 0 Å². The van der Waals surface area contributed by atoms with E-state index in [-0.39, 0.29) is 30.5 Å². The van der Waals surface area contributed by atoms with Crippen LogP contribution in [0.5, 0.6) is 0 Å². The van der Waals surface area contributed by atoms with Crippen molar-refractivity contribution in [2.24, 2.45) is 5.92 Å². The van der Waals surface area contributed by atoms with Gasteiger partial charge >= 0.3 is 5.97 Å². The summed E-state index contributed by atoms with van der Waals surface area (Å²) in [6.45, 7) is 3.63. The fourth-order valence-corrected chi connectivity index (χ4v) is 3.30. The van der Waals surface area contributed by atoms with Crippen LogP contribution in [0.3, 0.4) is 0 Å². The van der Waals surface area contributed by atoms with Crippen molar-refractivity contribution in [3.63, 3.8) is 0 Å². The van der Waals surface area contributed by atoms with Gasteiger partial charge in [-0.25, -0.2) is 4.79 Å². The number of nitro benzene ring substituents is 1. The minimum Gasteiger partial charge on any atom is -0.459 e. The number of benzene rings is 3. The van der Waals surface area contributed by atoms with Gasteiger partial charge in [-0.2, -0.15) is 0 Å². The molecule has 0 aliphatic heterocycles. The van der Waals surface area contributed by atoms with Crippen molar-refractivity contribution in [2.45, 2.75) is 32.9 Å². The first-order chi connectivity index (χ1) is 14.8. The average molecular weight is 420 g/mol. The SMILES string of the molecule is CC(C)[C@H](NC(=O)Cc1cccc2ccccc12)C(=O)OCc1ccc([N+](=O)[O-])cc1. The highest BCUT2D eigenvalue weighted by Gasteiger charge is 2.26. The van der Waals surface area contributed by atoms with Gasteiger partial charge in [-0.1, -0.05) is 56.3 Å². The molecular formula is C24H24N2O5. The molecule has 1 amide bonds. The molecule has 0 unspecified atom stereocenters. The van der Waals surface area contributed by atoms with E-state index in [2.05, 4.69) is 5.32 Å². The molecule has 0 aromatic heterocycles. The number of fused-ring (bicyclic) bond motifs is 1. The Balaban J connectivity index is 1.62. The van der Waals surface area contributed by atoms with E-state index in [0.29, 0.717) is 5.56 Å². The first-order valence-corrected chi connectivity index (χ1v) is 10.0. The van der Waals surface area contributed by atoms with Crippen LogP contribution in [0.4, 0.5) is 5.69 Å². The second-order valence-corrected chi connectivity index (χ2v) is 7.64. The van der Waals surface area contributed by atoms with Gasteiger partial charge in [-0.15, -0.1) is 0 Å². The lowest BCUT2D eigenvalue weighted by atomic mass is 10.0. The van der Waals surface area contributed by atoms with Gasteiger partial charge < -0.3 is 10.1 Å². The topological polar surface area (TPSA) is 98.5 Å². The predicted octanol–water partition coefficient (Wildman–Crippen LogP) is 4.17. The first kappa shape index (κ1) is 22.0. The van der Waals surface area contributed by atoms with E-state index in [4.69, 9.17) is 4.74 Å². The third kappa shape index (κ3) is 5.66. The summed E-state index contributed by atoms with van der Waals surface area (Å²) in [5.74, 6) is -0.970. The quantitative estimate of drug-likeness (QED) is 0.335. The second-order valence-electron chi connectivity index (χ2n) is 7.64. The highest BCUT2D eigenvalue weighted by Crippen LogP contribution is 2.19. The Kier molecular flexibility index (Phi) is 6.97. The smallest absolute Gasteiger partial charge is 0.329 e. The maximum atomic E-state index is 12.7. The number of non-ortho nitro benzene ring substituents is 1. The van der Waals surface area contributed by atoms with E-state index < -0.39 is 16.9 Å². The number of nitrogens with zero attached hydrogens (tertiary/aromatic N) is 1. The molecule has 0 bridgehead atoms. The first-order valence-electron chi connectivity index (χ1n) is 10.0. The van der Waals surface area contributed by atoms with E-state index in [0.717, 1.165) is 16.3 Å². The molecule has 0 heterocycles. The summed E-state index contributed by atoms with van der Waals surface area (Å²) >= 11 is 0. The van der Waals surface area contributed by atoms with Crippen LogP contribution in [0.2, 0.25) is 0 Å². The Morgan fingerprint density at radius 1 is 1.00 bits per heavy atom. The van der Waals surface area contributed by atoms with Gasteiger partial charge in [-0.3, -0.25) is 14.9 Å². The van der Waals surface area contributed by atoms with Gasteiger partial charge in [-0.05, 0) is 39.9 Å². The Morgan fingerprint density at radius 2 is 1.68 bits per heavy atom. The van der Waals surface area contributed by atoms with Crippen molar-refractivity contribution in [3.8, 4) is 0 Å². The number of nitro groups is 1. The van der Waals surface area contributed by atoms with Crippen molar-refractivity contribution < 1.29 is 19.2 Å². The summed E-state index contributed by atoms with van der Waals surface area (Å²) in [4.78, 5) is 35.5. The Bertz CT molecular complexity index is 1090. The lowest BCUT2D eigenvalue weighted by molar-refractivity contribution is -0.384. The number of hydrogen-bond donors (Lipinski definition) is 1. The molecule has 160 valence electrons. The summed E-state index contributed by atoms with van der Waals surface area (Å²) in [6, 6.07) is 18.6. The third-order valence-electron chi connectivity index (χ3n) is 5.00. The van der Waals surface area contributed by atoms with Crippen LogP contribution in [0.25, 0.3) is 10.8 Å².